The summed E-state index contributed by atoms with van der Waals surface area (Å²) in [5.74, 6) is -0.379. The van der Waals surface area contributed by atoms with E-state index in [0.29, 0.717) is 11.4 Å². The van der Waals surface area contributed by atoms with Crippen LogP contribution in [0.1, 0.15) is 5.56 Å². The molecule has 25 heavy (non-hydrogen) atoms. The largest absolute Gasteiger partial charge is 0.573 e. The molecule has 8 heteroatoms. The van der Waals surface area contributed by atoms with Crippen LogP contribution in [0.15, 0.2) is 48.5 Å². The monoisotopic (exact) mass is 350 g/mol. The summed E-state index contributed by atoms with van der Waals surface area (Å²) in [6.45, 7) is -0.265. The van der Waals surface area contributed by atoms with Gasteiger partial charge in [-0.05, 0) is 42.0 Å². The van der Waals surface area contributed by atoms with Crippen molar-refractivity contribution in [2.24, 2.45) is 0 Å². The topological polar surface area (TPSA) is 71.3 Å². The SMILES string of the molecule is N#CCc1ccc(OCC(=O)Nc2ccc(OC(F)(F)F)cc2)cc1. The second kappa shape index (κ2) is 8.06. The third-order valence-electron chi connectivity index (χ3n) is 2.95. The summed E-state index contributed by atoms with van der Waals surface area (Å²) in [4.78, 5) is 11.8. The van der Waals surface area contributed by atoms with Crippen LogP contribution >= 0.6 is 0 Å². The Hall–Kier alpha value is -3.21. The molecule has 1 N–H and O–H groups in total. The van der Waals surface area contributed by atoms with Crippen LogP contribution in [-0.2, 0) is 11.2 Å². The molecule has 130 valence electrons. The van der Waals surface area contributed by atoms with E-state index in [-0.39, 0.29) is 18.8 Å². The number of alkyl halides is 3. The van der Waals surface area contributed by atoms with Gasteiger partial charge in [-0.25, -0.2) is 0 Å². The number of rotatable bonds is 6. The highest BCUT2D eigenvalue weighted by atomic mass is 19.4. The van der Waals surface area contributed by atoms with Crippen molar-refractivity contribution in [1.29, 1.82) is 5.26 Å². The molecule has 0 aromatic heterocycles. The molecule has 0 heterocycles. The first kappa shape index (κ1) is 18.1. The fraction of sp³-hybridized carbons (Fsp3) is 0.176. The van der Waals surface area contributed by atoms with Crippen molar-refractivity contribution in [1.82, 2.24) is 0 Å². The van der Waals surface area contributed by atoms with Gasteiger partial charge < -0.3 is 14.8 Å². The van der Waals surface area contributed by atoms with Gasteiger partial charge >= 0.3 is 6.36 Å². The molecular weight excluding hydrogens is 337 g/mol. The van der Waals surface area contributed by atoms with Crippen LogP contribution in [0, 0.1) is 11.3 Å². The number of hydrogen-bond donors (Lipinski definition) is 1. The maximum atomic E-state index is 12.1. The Kier molecular flexibility index (Phi) is 5.84. The van der Waals surface area contributed by atoms with Crippen molar-refractivity contribution < 1.29 is 27.4 Å². The smallest absolute Gasteiger partial charge is 0.484 e. The third-order valence-corrected chi connectivity index (χ3v) is 2.95. The molecule has 0 spiro atoms. The van der Waals surface area contributed by atoms with E-state index in [1.807, 2.05) is 6.07 Å². The molecule has 2 rings (SSSR count). The summed E-state index contributed by atoms with van der Waals surface area (Å²) in [6, 6.07) is 13.5. The number of carbonyl (C=O) groups is 1. The van der Waals surface area contributed by atoms with Crippen LogP contribution in [0.2, 0.25) is 0 Å². The standard InChI is InChI=1S/C17H13F3N2O3/c18-17(19,20)25-15-7-3-13(4-8-15)22-16(23)11-24-14-5-1-12(2-6-14)9-10-21/h1-8H,9,11H2,(H,22,23). The molecule has 0 unspecified atom stereocenters. The number of anilines is 1. The molecular formula is C17H13F3N2O3. The minimum Gasteiger partial charge on any atom is -0.484 e. The number of amides is 1. The van der Waals surface area contributed by atoms with Gasteiger partial charge in [-0.3, -0.25) is 4.79 Å². The predicted octanol–water partition coefficient (Wildman–Crippen LogP) is 3.67. The van der Waals surface area contributed by atoms with Crippen molar-refractivity contribution in [3.63, 3.8) is 0 Å². The fourth-order valence-corrected chi connectivity index (χ4v) is 1.88. The summed E-state index contributed by atoms with van der Waals surface area (Å²) in [5, 5.41) is 11.1. The van der Waals surface area contributed by atoms with Crippen LogP contribution in [0.25, 0.3) is 0 Å². The van der Waals surface area contributed by atoms with E-state index in [1.165, 1.54) is 12.1 Å². The Balaban J connectivity index is 1.82. The molecule has 0 aliphatic carbocycles. The van der Waals surface area contributed by atoms with Crippen molar-refractivity contribution in [3.05, 3.63) is 54.1 Å². The third kappa shape index (κ3) is 6.43. The number of nitrogens with one attached hydrogen (secondary N) is 1. The lowest BCUT2D eigenvalue weighted by Crippen LogP contribution is -2.20. The molecule has 0 saturated heterocycles. The van der Waals surface area contributed by atoms with E-state index in [9.17, 15) is 18.0 Å². The summed E-state index contributed by atoms with van der Waals surface area (Å²) >= 11 is 0. The summed E-state index contributed by atoms with van der Waals surface area (Å²) in [5.41, 5.74) is 1.15. The Labute approximate surface area is 141 Å². The van der Waals surface area contributed by atoms with E-state index in [4.69, 9.17) is 10.00 Å². The highest BCUT2D eigenvalue weighted by Crippen LogP contribution is 2.24. The maximum Gasteiger partial charge on any atom is 0.573 e. The van der Waals surface area contributed by atoms with Crippen LogP contribution in [0.4, 0.5) is 18.9 Å². The number of ether oxygens (including phenoxy) is 2. The van der Waals surface area contributed by atoms with Crippen molar-refractivity contribution in [2.45, 2.75) is 12.8 Å². The van der Waals surface area contributed by atoms with E-state index in [2.05, 4.69) is 10.1 Å². The lowest BCUT2D eigenvalue weighted by molar-refractivity contribution is -0.274. The molecule has 0 bridgehead atoms. The number of carbonyl (C=O) groups excluding carboxylic acids is 1. The van der Waals surface area contributed by atoms with Gasteiger partial charge in [0.1, 0.15) is 11.5 Å². The average Bonchev–Trinajstić information content (AvgIpc) is 2.55. The quantitative estimate of drug-likeness (QED) is 0.863. The molecule has 2 aromatic rings. The molecule has 0 aliphatic heterocycles. The van der Waals surface area contributed by atoms with Gasteiger partial charge in [-0.2, -0.15) is 5.26 Å². The van der Waals surface area contributed by atoms with Crippen LogP contribution < -0.4 is 14.8 Å². The molecule has 2 aromatic carbocycles. The van der Waals surface area contributed by atoms with Gasteiger partial charge in [0.05, 0.1) is 12.5 Å². The summed E-state index contributed by atoms with van der Waals surface area (Å²) in [6.07, 6.45) is -4.48. The van der Waals surface area contributed by atoms with Crippen LogP contribution in [-0.4, -0.2) is 18.9 Å². The van der Waals surface area contributed by atoms with Gasteiger partial charge in [0.25, 0.3) is 5.91 Å². The van der Waals surface area contributed by atoms with Crippen molar-refractivity contribution in [2.75, 3.05) is 11.9 Å². The zero-order valence-electron chi connectivity index (χ0n) is 12.8. The molecule has 0 saturated carbocycles. The number of hydrogen-bond acceptors (Lipinski definition) is 4. The normalized spacial score (nSPS) is 10.6. The van der Waals surface area contributed by atoms with Crippen molar-refractivity contribution >= 4 is 11.6 Å². The van der Waals surface area contributed by atoms with Gasteiger partial charge in [0, 0.05) is 5.69 Å². The highest BCUT2D eigenvalue weighted by Gasteiger charge is 2.30. The first-order chi connectivity index (χ1) is 11.9. The zero-order valence-corrected chi connectivity index (χ0v) is 12.8. The van der Waals surface area contributed by atoms with Gasteiger partial charge in [-0.1, -0.05) is 12.1 Å². The maximum absolute atomic E-state index is 12.1. The van der Waals surface area contributed by atoms with E-state index in [0.717, 1.165) is 17.7 Å². The second-order valence-electron chi connectivity index (χ2n) is 4.89. The molecule has 1 amide bonds. The Morgan fingerprint density at radius 3 is 2.20 bits per heavy atom. The van der Waals surface area contributed by atoms with Crippen molar-refractivity contribution in [3.8, 4) is 17.6 Å². The molecule has 0 atom stereocenters. The summed E-state index contributed by atoms with van der Waals surface area (Å²) < 4.78 is 45.2. The van der Waals surface area contributed by atoms with E-state index >= 15 is 0 Å². The molecule has 0 radical (unpaired) electrons. The average molecular weight is 350 g/mol. The minimum atomic E-state index is -4.76. The van der Waals surface area contributed by atoms with Gasteiger partial charge in [0.2, 0.25) is 0 Å². The second-order valence-corrected chi connectivity index (χ2v) is 4.89. The first-order valence-corrected chi connectivity index (χ1v) is 7.10. The Morgan fingerprint density at radius 1 is 1.04 bits per heavy atom. The van der Waals surface area contributed by atoms with Gasteiger partial charge in [0.15, 0.2) is 6.61 Å². The minimum absolute atomic E-state index is 0.265. The highest BCUT2D eigenvalue weighted by molar-refractivity contribution is 5.91. The Bertz CT molecular complexity index is 751. The van der Waals surface area contributed by atoms with E-state index in [1.54, 1.807) is 24.3 Å². The summed E-state index contributed by atoms with van der Waals surface area (Å²) in [7, 11) is 0. The first-order valence-electron chi connectivity index (χ1n) is 7.10. The zero-order chi connectivity index (χ0) is 18.3. The number of benzene rings is 2. The Morgan fingerprint density at radius 2 is 1.64 bits per heavy atom. The lowest BCUT2D eigenvalue weighted by atomic mass is 10.2. The number of halogens is 3. The molecule has 0 aliphatic rings. The fourth-order valence-electron chi connectivity index (χ4n) is 1.88. The van der Waals surface area contributed by atoms with Gasteiger partial charge in [-0.15, -0.1) is 13.2 Å². The molecule has 5 nitrogen and oxygen atoms in total. The predicted molar refractivity (Wildman–Crippen MR) is 83.0 cm³/mol. The van der Waals surface area contributed by atoms with Crippen LogP contribution in [0.3, 0.4) is 0 Å². The number of nitrogens with zero attached hydrogens (tertiary/aromatic N) is 1. The number of nitriles is 1. The van der Waals surface area contributed by atoms with Crippen LogP contribution in [0.5, 0.6) is 11.5 Å². The molecule has 0 fully saturated rings. The lowest BCUT2D eigenvalue weighted by Gasteiger charge is -2.10. The van der Waals surface area contributed by atoms with E-state index < -0.39 is 12.3 Å².